The number of Topliss-reactive ketones (excluding diaryl/α,β-unsaturated/α-hetero) is 2. The number of benzene rings is 1. The number of aromatic nitrogens is 1. The van der Waals surface area contributed by atoms with Gasteiger partial charge in [-0.1, -0.05) is 12.1 Å². The van der Waals surface area contributed by atoms with Crippen LogP contribution in [0.25, 0.3) is 6.08 Å². The van der Waals surface area contributed by atoms with Crippen LogP contribution >= 0.6 is 0 Å². The third-order valence-electron chi connectivity index (χ3n) is 3.64. The Morgan fingerprint density at radius 2 is 1.70 bits per heavy atom. The average molecular weight is 263 g/mol. The van der Waals surface area contributed by atoms with Crippen LogP contribution in [-0.2, 0) is 0 Å². The number of pyridine rings is 1. The quantitative estimate of drug-likeness (QED) is 0.684. The summed E-state index contributed by atoms with van der Waals surface area (Å²) in [5.74, 6) is -0.226. The molecule has 1 atom stereocenters. The van der Waals surface area contributed by atoms with Gasteiger partial charge < -0.3 is 4.74 Å². The highest BCUT2D eigenvalue weighted by Gasteiger charge is 2.54. The van der Waals surface area contributed by atoms with Crippen LogP contribution in [0.4, 0.5) is 0 Å². The Bertz CT molecular complexity index is 794. The summed E-state index contributed by atoms with van der Waals surface area (Å²) in [5.41, 5.74) is -0.135. The molecule has 4 rings (SSSR count). The van der Waals surface area contributed by atoms with Crippen molar-refractivity contribution < 1.29 is 14.3 Å². The van der Waals surface area contributed by atoms with E-state index < -0.39 is 5.60 Å². The summed E-state index contributed by atoms with van der Waals surface area (Å²) in [6.07, 6.45) is 4.79. The monoisotopic (exact) mass is 263 g/mol. The summed E-state index contributed by atoms with van der Waals surface area (Å²) < 4.78 is 5.70. The number of carbonyl (C=O) groups is 2. The van der Waals surface area contributed by atoms with Gasteiger partial charge in [-0.3, -0.25) is 14.6 Å². The molecule has 0 radical (unpaired) electrons. The van der Waals surface area contributed by atoms with Crippen molar-refractivity contribution in [3.63, 3.8) is 0 Å². The average Bonchev–Trinajstić information content (AvgIpc) is 2.78. The molecule has 0 saturated heterocycles. The number of hydrogen-bond acceptors (Lipinski definition) is 4. The van der Waals surface area contributed by atoms with E-state index in [-0.39, 0.29) is 11.6 Å². The Hall–Kier alpha value is -2.75. The predicted molar refractivity (Wildman–Crippen MR) is 71.7 cm³/mol. The van der Waals surface area contributed by atoms with Gasteiger partial charge >= 0.3 is 0 Å². The lowest BCUT2D eigenvalue weighted by atomic mass is 9.83. The molecule has 0 saturated carbocycles. The van der Waals surface area contributed by atoms with Crippen LogP contribution in [-0.4, -0.2) is 22.2 Å². The molecule has 0 fully saturated rings. The number of nitrogens with zero attached hydrogens (tertiary/aromatic N) is 1. The van der Waals surface area contributed by atoms with Crippen LogP contribution in [0.1, 0.15) is 26.4 Å². The van der Waals surface area contributed by atoms with Gasteiger partial charge in [0.05, 0.1) is 11.3 Å². The van der Waals surface area contributed by atoms with Gasteiger partial charge in [0, 0.05) is 11.8 Å². The van der Waals surface area contributed by atoms with Crippen molar-refractivity contribution in [1.29, 1.82) is 0 Å². The molecule has 2 aliphatic rings. The minimum atomic E-state index is -1.56. The minimum absolute atomic E-state index is 0.316. The van der Waals surface area contributed by atoms with Crippen LogP contribution in [0.3, 0.4) is 0 Å². The van der Waals surface area contributed by atoms with E-state index in [1.165, 1.54) is 6.08 Å². The normalized spacial score (nSPS) is 22.6. The van der Waals surface area contributed by atoms with Gasteiger partial charge in [-0.25, -0.2) is 0 Å². The van der Waals surface area contributed by atoms with Gasteiger partial charge in [-0.2, -0.15) is 0 Å². The summed E-state index contributed by atoms with van der Waals surface area (Å²) in [7, 11) is 0. The highest BCUT2D eigenvalue weighted by Crippen LogP contribution is 2.40. The molecule has 4 nitrogen and oxygen atoms in total. The maximum Gasteiger partial charge on any atom is 0.252 e. The lowest BCUT2D eigenvalue weighted by Crippen LogP contribution is -2.48. The van der Waals surface area contributed by atoms with Gasteiger partial charge in [0.1, 0.15) is 5.75 Å². The Kier molecular flexibility index (Phi) is 2.02. The van der Waals surface area contributed by atoms with Crippen LogP contribution in [0.15, 0.2) is 48.7 Å². The Balaban J connectivity index is 1.91. The molecule has 1 aliphatic carbocycles. The molecule has 0 N–H and O–H groups in total. The largest absolute Gasteiger partial charge is 0.466 e. The van der Waals surface area contributed by atoms with Gasteiger partial charge in [0.2, 0.25) is 11.6 Å². The molecule has 0 bridgehead atoms. The number of fused-ring (bicyclic) bond motifs is 2. The molecule has 1 unspecified atom stereocenters. The zero-order chi connectivity index (χ0) is 13.7. The molecule has 2 heterocycles. The number of hydrogen-bond donors (Lipinski definition) is 0. The van der Waals surface area contributed by atoms with E-state index in [1.807, 2.05) is 0 Å². The first kappa shape index (κ1) is 11.1. The van der Waals surface area contributed by atoms with E-state index in [4.69, 9.17) is 4.74 Å². The van der Waals surface area contributed by atoms with Crippen LogP contribution in [0.5, 0.6) is 5.75 Å². The smallest absolute Gasteiger partial charge is 0.252 e. The van der Waals surface area contributed by atoms with Crippen molar-refractivity contribution in [2.24, 2.45) is 0 Å². The zero-order valence-corrected chi connectivity index (χ0v) is 10.4. The van der Waals surface area contributed by atoms with Crippen molar-refractivity contribution >= 4 is 17.6 Å². The molecule has 96 valence electrons. The van der Waals surface area contributed by atoms with Crippen LogP contribution in [0.2, 0.25) is 0 Å². The van der Waals surface area contributed by atoms with Crippen molar-refractivity contribution in [2.45, 2.75) is 5.60 Å². The topological polar surface area (TPSA) is 56.3 Å². The number of para-hydroxylation sites is 1. The van der Waals surface area contributed by atoms with Crippen molar-refractivity contribution in [2.75, 3.05) is 0 Å². The SMILES string of the molecule is O=C1c2ccccc2OC12C=Cc1ncccc1C2=O. The third-order valence-corrected chi connectivity index (χ3v) is 3.64. The second-order valence-corrected chi connectivity index (χ2v) is 4.76. The van der Waals surface area contributed by atoms with E-state index in [9.17, 15) is 9.59 Å². The van der Waals surface area contributed by atoms with E-state index >= 15 is 0 Å². The summed E-state index contributed by atoms with van der Waals surface area (Å²) >= 11 is 0. The molecule has 1 spiro atoms. The van der Waals surface area contributed by atoms with Crippen molar-refractivity contribution in [1.82, 2.24) is 4.98 Å². The Morgan fingerprint density at radius 1 is 0.950 bits per heavy atom. The predicted octanol–water partition coefficient (Wildman–Crippen LogP) is 2.31. The molecule has 1 aromatic carbocycles. The summed E-state index contributed by atoms with van der Waals surface area (Å²) in [4.78, 5) is 29.4. The van der Waals surface area contributed by atoms with Gasteiger partial charge in [-0.15, -0.1) is 0 Å². The van der Waals surface area contributed by atoms with Crippen molar-refractivity contribution in [3.05, 3.63) is 65.5 Å². The summed E-state index contributed by atoms with van der Waals surface area (Å²) in [6, 6.07) is 10.2. The fourth-order valence-corrected chi connectivity index (χ4v) is 2.64. The third kappa shape index (κ3) is 1.23. The van der Waals surface area contributed by atoms with Crippen molar-refractivity contribution in [3.8, 4) is 5.75 Å². The second kappa shape index (κ2) is 3.63. The molecule has 2 aromatic rings. The molecule has 4 heteroatoms. The number of carbonyl (C=O) groups excluding carboxylic acids is 2. The minimum Gasteiger partial charge on any atom is -0.466 e. The lowest BCUT2D eigenvalue weighted by Gasteiger charge is -2.25. The highest BCUT2D eigenvalue weighted by atomic mass is 16.5. The first-order valence-electron chi connectivity index (χ1n) is 6.24. The summed E-state index contributed by atoms with van der Waals surface area (Å²) in [5, 5.41) is 0. The maximum atomic E-state index is 12.7. The molecule has 20 heavy (non-hydrogen) atoms. The second-order valence-electron chi connectivity index (χ2n) is 4.76. The fourth-order valence-electron chi connectivity index (χ4n) is 2.64. The molecular weight excluding hydrogens is 254 g/mol. The lowest BCUT2D eigenvalue weighted by molar-refractivity contribution is 0.0578. The number of ketones is 2. The van der Waals surface area contributed by atoms with Crippen LogP contribution < -0.4 is 4.74 Å². The van der Waals surface area contributed by atoms with E-state index in [2.05, 4.69) is 4.98 Å². The molecule has 1 aromatic heterocycles. The summed E-state index contributed by atoms with van der Waals surface area (Å²) in [6.45, 7) is 0. The van der Waals surface area contributed by atoms with E-state index in [0.29, 0.717) is 22.6 Å². The van der Waals surface area contributed by atoms with Crippen LogP contribution in [0, 0.1) is 0 Å². The standard InChI is InChI=1S/C16H9NO3/c18-14-10-5-3-9-17-12(10)7-8-16(14)15(19)11-4-1-2-6-13(11)20-16/h1-9H. The van der Waals surface area contributed by atoms with Gasteiger partial charge in [-0.05, 0) is 36.4 Å². The van der Waals surface area contributed by atoms with E-state index in [1.54, 1.807) is 48.7 Å². The molecule has 1 aliphatic heterocycles. The van der Waals surface area contributed by atoms with E-state index in [0.717, 1.165) is 0 Å². The first-order valence-corrected chi connectivity index (χ1v) is 6.24. The van der Waals surface area contributed by atoms with Gasteiger partial charge in [0.25, 0.3) is 5.60 Å². The number of ether oxygens (including phenoxy) is 1. The fraction of sp³-hybridized carbons (Fsp3) is 0.0625. The molecule has 0 amide bonds. The van der Waals surface area contributed by atoms with Gasteiger partial charge in [0.15, 0.2) is 0 Å². The zero-order valence-electron chi connectivity index (χ0n) is 10.4. The Labute approximate surface area is 114 Å². The number of rotatable bonds is 0. The maximum absolute atomic E-state index is 12.7. The first-order chi connectivity index (χ1) is 9.72. The molecular formula is C16H9NO3. The Morgan fingerprint density at radius 3 is 2.55 bits per heavy atom. The highest BCUT2D eigenvalue weighted by molar-refractivity contribution is 6.28.